The second-order valence-electron chi connectivity index (χ2n) is 6.12. The maximum absolute atomic E-state index is 13.3. The van der Waals surface area contributed by atoms with Gasteiger partial charge in [0, 0.05) is 53.1 Å². The van der Waals surface area contributed by atoms with Crippen LogP contribution in [-0.4, -0.2) is 16.6 Å². The van der Waals surface area contributed by atoms with Crippen molar-refractivity contribution in [1.29, 1.82) is 0 Å². The molecule has 0 aliphatic heterocycles. The summed E-state index contributed by atoms with van der Waals surface area (Å²) >= 11 is 0. The van der Waals surface area contributed by atoms with Gasteiger partial charge in [-0.1, -0.05) is 31.2 Å². The highest BCUT2D eigenvalue weighted by molar-refractivity contribution is 6.26. The molecule has 0 saturated heterocycles. The third-order valence-electron chi connectivity index (χ3n) is 4.37. The molecule has 0 amide bonds. The number of aromatic nitrogens is 1. The van der Waals surface area contributed by atoms with E-state index in [1.54, 1.807) is 24.3 Å². The molecule has 1 aromatic heterocycles. The number of benzene rings is 1. The van der Waals surface area contributed by atoms with Gasteiger partial charge in [0.25, 0.3) is 5.92 Å². The average Bonchev–Trinajstić information content (AvgIpc) is 2.59. The van der Waals surface area contributed by atoms with Crippen molar-refractivity contribution in [2.75, 3.05) is 0 Å². The molecular formula is C20H17F2NO2. The van der Waals surface area contributed by atoms with Gasteiger partial charge in [-0.15, -0.1) is 0 Å². The SMILES string of the molecule is CCC1=C(Cc2ccc(C(C)(F)F)cn2)C(=O)c2ccccc2C1=O. The van der Waals surface area contributed by atoms with Crippen LogP contribution in [0.4, 0.5) is 8.78 Å². The number of halogens is 2. The molecule has 0 bridgehead atoms. The number of Topliss-reactive ketones (excluding diaryl/α,β-unsaturated/α-hetero) is 2. The van der Waals surface area contributed by atoms with Crippen LogP contribution in [0.1, 0.15) is 52.2 Å². The van der Waals surface area contributed by atoms with E-state index in [1.807, 2.05) is 6.92 Å². The van der Waals surface area contributed by atoms with E-state index in [0.29, 0.717) is 34.4 Å². The minimum atomic E-state index is -2.96. The van der Waals surface area contributed by atoms with Gasteiger partial charge in [0.05, 0.1) is 0 Å². The zero-order chi connectivity index (χ0) is 18.2. The van der Waals surface area contributed by atoms with Crippen molar-refractivity contribution in [3.8, 4) is 0 Å². The van der Waals surface area contributed by atoms with Crippen LogP contribution in [0, 0.1) is 0 Å². The number of fused-ring (bicyclic) bond motifs is 1. The van der Waals surface area contributed by atoms with Gasteiger partial charge in [-0.25, -0.2) is 8.78 Å². The molecule has 0 spiro atoms. The Hall–Kier alpha value is -2.69. The Morgan fingerprint density at radius 2 is 1.56 bits per heavy atom. The lowest BCUT2D eigenvalue weighted by Gasteiger charge is -2.20. The van der Waals surface area contributed by atoms with Crippen molar-refractivity contribution in [2.45, 2.75) is 32.6 Å². The lowest BCUT2D eigenvalue weighted by atomic mass is 9.81. The predicted molar refractivity (Wildman–Crippen MR) is 89.9 cm³/mol. The summed E-state index contributed by atoms with van der Waals surface area (Å²) in [7, 11) is 0. The fourth-order valence-corrected chi connectivity index (χ4v) is 3.01. The molecular weight excluding hydrogens is 324 g/mol. The Bertz CT molecular complexity index is 877. The molecule has 0 radical (unpaired) electrons. The third kappa shape index (κ3) is 3.14. The van der Waals surface area contributed by atoms with Crippen molar-refractivity contribution < 1.29 is 18.4 Å². The Balaban J connectivity index is 1.98. The van der Waals surface area contributed by atoms with E-state index in [1.165, 1.54) is 12.1 Å². The first-order valence-corrected chi connectivity index (χ1v) is 8.06. The molecule has 2 aromatic rings. The third-order valence-corrected chi connectivity index (χ3v) is 4.37. The zero-order valence-corrected chi connectivity index (χ0v) is 14.0. The average molecular weight is 341 g/mol. The van der Waals surface area contributed by atoms with E-state index in [-0.39, 0.29) is 23.6 Å². The second-order valence-corrected chi connectivity index (χ2v) is 6.12. The minimum absolute atomic E-state index is 0.149. The van der Waals surface area contributed by atoms with Gasteiger partial charge in [-0.2, -0.15) is 0 Å². The van der Waals surface area contributed by atoms with Crippen molar-refractivity contribution in [2.24, 2.45) is 0 Å². The van der Waals surface area contributed by atoms with Crippen LogP contribution in [0.2, 0.25) is 0 Å². The van der Waals surface area contributed by atoms with E-state index >= 15 is 0 Å². The summed E-state index contributed by atoms with van der Waals surface area (Å²) in [6, 6.07) is 9.51. The highest BCUT2D eigenvalue weighted by atomic mass is 19.3. The summed E-state index contributed by atoms with van der Waals surface area (Å²) in [5.74, 6) is -3.31. The van der Waals surface area contributed by atoms with Crippen LogP contribution in [0.5, 0.6) is 0 Å². The topological polar surface area (TPSA) is 47.0 Å². The van der Waals surface area contributed by atoms with Gasteiger partial charge >= 0.3 is 0 Å². The molecule has 1 aliphatic carbocycles. The van der Waals surface area contributed by atoms with Crippen molar-refractivity contribution in [1.82, 2.24) is 4.98 Å². The molecule has 5 heteroatoms. The molecule has 3 rings (SSSR count). The highest BCUT2D eigenvalue weighted by Crippen LogP contribution is 2.30. The smallest absolute Gasteiger partial charge is 0.272 e. The van der Waals surface area contributed by atoms with Gasteiger partial charge in [0.1, 0.15) is 0 Å². The van der Waals surface area contributed by atoms with Gasteiger partial charge < -0.3 is 0 Å². The number of nitrogens with zero attached hydrogens (tertiary/aromatic N) is 1. The molecule has 0 atom stereocenters. The van der Waals surface area contributed by atoms with Crippen molar-refractivity contribution >= 4 is 11.6 Å². The van der Waals surface area contributed by atoms with Crippen molar-refractivity contribution in [3.63, 3.8) is 0 Å². The number of carbonyl (C=O) groups is 2. The van der Waals surface area contributed by atoms with E-state index in [4.69, 9.17) is 0 Å². The maximum atomic E-state index is 13.3. The number of allylic oxidation sites excluding steroid dienone is 2. The normalized spacial score (nSPS) is 14.7. The molecule has 1 aromatic carbocycles. The predicted octanol–water partition coefficient (Wildman–Crippen LogP) is 4.52. The van der Waals surface area contributed by atoms with E-state index in [0.717, 1.165) is 13.1 Å². The Labute approximate surface area is 144 Å². The highest BCUT2D eigenvalue weighted by Gasteiger charge is 2.31. The van der Waals surface area contributed by atoms with Crippen LogP contribution in [0.15, 0.2) is 53.7 Å². The summed E-state index contributed by atoms with van der Waals surface area (Å²) in [6.45, 7) is 2.63. The van der Waals surface area contributed by atoms with Gasteiger partial charge in [0.2, 0.25) is 0 Å². The molecule has 128 valence electrons. The summed E-state index contributed by atoms with van der Waals surface area (Å²) in [4.78, 5) is 29.5. The molecule has 0 fully saturated rings. The first kappa shape index (κ1) is 17.1. The fraction of sp³-hybridized carbons (Fsp3) is 0.250. The molecule has 1 aliphatic rings. The molecule has 0 unspecified atom stereocenters. The molecule has 0 N–H and O–H groups in total. The van der Waals surface area contributed by atoms with Gasteiger partial charge in [-0.3, -0.25) is 14.6 Å². The number of carbonyl (C=O) groups excluding carboxylic acids is 2. The fourth-order valence-electron chi connectivity index (χ4n) is 3.01. The van der Waals surface area contributed by atoms with E-state index < -0.39 is 5.92 Å². The zero-order valence-electron chi connectivity index (χ0n) is 14.0. The van der Waals surface area contributed by atoms with Crippen LogP contribution in [0.25, 0.3) is 0 Å². The largest absolute Gasteiger partial charge is 0.289 e. The number of rotatable bonds is 4. The van der Waals surface area contributed by atoms with Gasteiger partial charge in [0.15, 0.2) is 11.6 Å². The first-order chi connectivity index (χ1) is 11.8. The Morgan fingerprint density at radius 1 is 0.960 bits per heavy atom. The number of ketones is 2. The quantitative estimate of drug-likeness (QED) is 0.821. The Morgan fingerprint density at radius 3 is 2.04 bits per heavy atom. The standard InChI is InChI=1S/C20H17F2NO2/c1-3-14-17(10-13-9-8-12(11-23-13)20(2,21)22)19(25)16-7-5-4-6-15(16)18(14)24/h4-9,11H,3,10H2,1-2H3. The van der Waals surface area contributed by atoms with E-state index in [2.05, 4.69) is 4.98 Å². The number of pyridine rings is 1. The maximum Gasteiger partial charge on any atom is 0.272 e. The van der Waals surface area contributed by atoms with Crippen molar-refractivity contribution in [3.05, 3.63) is 76.1 Å². The minimum Gasteiger partial charge on any atom is -0.289 e. The van der Waals surface area contributed by atoms with Crippen LogP contribution in [-0.2, 0) is 12.3 Å². The summed E-state index contributed by atoms with van der Waals surface area (Å²) in [5.41, 5.74) is 1.97. The van der Waals surface area contributed by atoms with Crippen LogP contribution >= 0.6 is 0 Å². The number of alkyl halides is 2. The summed E-state index contributed by atoms with van der Waals surface area (Å²) in [6.07, 6.45) is 1.70. The summed E-state index contributed by atoms with van der Waals surface area (Å²) < 4.78 is 26.6. The molecule has 1 heterocycles. The lowest BCUT2D eigenvalue weighted by Crippen LogP contribution is -2.23. The number of hydrogen-bond acceptors (Lipinski definition) is 3. The monoisotopic (exact) mass is 341 g/mol. The Kier molecular flexibility index (Phi) is 4.33. The first-order valence-electron chi connectivity index (χ1n) is 8.06. The van der Waals surface area contributed by atoms with E-state index in [9.17, 15) is 18.4 Å². The molecule has 25 heavy (non-hydrogen) atoms. The number of hydrogen-bond donors (Lipinski definition) is 0. The second kappa shape index (κ2) is 6.31. The molecule has 0 saturated carbocycles. The lowest BCUT2D eigenvalue weighted by molar-refractivity contribution is 0.0171. The molecule has 3 nitrogen and oxygen atoms in total. The van der Waals surface area contributed by atoms with Crippen LogP contribution in [0.3, 0.4) is 0 Å². The summed E-state index contributed by atoms with van der Waals surface area (Å²) in [5, 5.41) is 0. The van der Waals surface area contributed by atoms with Gasteiger partial charge in [-0.05, 0) is 18.6 Å². The van der Waals surface area contributed by atoms with Crippen LogP contribution < -0.4 is 0 Å².